The third kappa shape index (κ3) is 5.61. The summed E-state index contributed by atoms with van der Waals surface area (Å²) in [5.74, 6) is 1.81. The molecule has 0 aliphatic carbocycles. The summed E-state index contributed by atoms with van der Waals surface area (Å²) in [5.41, 5.74) is 8.08. The summed E-state index contributed by atoms with van der Waals surface area (Å²) in [6.45, 7) is 10.3. The first kappa shape index (κ1) is 31.8. The molecule has 2 aliphatic rings. The zero-order chi connectivity index (χ0) is 35.5. The van der Waals surface area contributed by atoms with Crippen molar-refractivity contribution in [3.8, 4) is 22.3 Å². The van der Waals surface area contributed by atoms with Crippen molar-refractivity contribution in [2.45, 2.75) is 38.8 Å². The fourth-order valence-electron chi connectivity index (χ4n) is 7.82. The van der Waals surface area contributed by atoms with E-state index < -0.39 is 0 Å². The number of aliphatic imine (C=N–C) groups is 2. The highest BCUT2D eigenvalue weighted by molar-refractivity contribution is 6.21. The molecule has 0 saturated carbocycles. The van der Waals surface area contributed by atoms with Crippen LogP contribution in [0.1, 0.15) is 39.1 Å². The number of anilines is 2. The van der Waals surface area contributed by atoms with Gasteiger partial charge in [0, 0.05) is 48.0 Å². The molecule has 0 unspecified atom stereocenters. The van der Waals surface area contributed by atoms with Crippen LogP contribution in [-0.2, 0) is 0 Å². The van der Waals surface area contributed by atoms with Gasteiger partial charge in [-0.3, -0.25) is 20.0 Å². The molecule has 0 fully saturated rings. The van der Waals surface area contributed by atoms with Gasteiger partial charge in [0.2, 0.25) is 0 Å². The van der Waals surface area contributed by atoms with Crippen LogP contribution >= 0.6 is 0 Å². The quantitative estimate of drug-likeness (QED) is 0.165. The second-order valence-corrected chi connectivity index (χ2v) is 15.0. The van der Waals surface area contributed by atoms with Crippen molar-refractivity contribution >= 4 is 44.6 Å². The van der Waals surface area contributed by atoms with Crippen molar-refractivity contribution in [2.75, 3.05) is 22.9 Å². The van der Waals surface area contributed by atoms with Crippen LogP contribution in [0.25, 0.3) is 43.8 Å². The van der Waals surface area contributed by atoms with Crippen molar-refractivity contribution in [3.63, 3.8) is 0 Å². The Bertz CT molecular complexity index is 2270. The van der Waals surface area contributed by atoms with Gasteiger partial charge in [-0.2, -0.15) is 0 Å². The van der Waals surface area contributed by atoms with E-state index in [-0.39, 0.29) is 11.1 Å². The number of hydrogen-bond donors (Lipinski definition) is 0. The third-order valence-corrected chi connectivity index (χ3v) is 10.0. The minimum absolute atomic E-state index is 0.205. The second-order valence-electron chi connectivity index (χ2n) is 15.0. The zero-order valence-corrected chi connectivity index (χ0v) is 30.0. The Balaban J connectivity index is 1.13. The first-order valence-electron chi connectivity index (χ1n) is 18.0. The molecule has 2 aliphatic heterocycles. The molecule has 0 spiro atoms. The highest BCUT2D eigenvalue weighted by Gasteiger charge is 2.34. The lowest BCUT2D eigenvalue weighted by molar-refractivity contribution is 0.564. The number of benzene rings is 5. The highest BCUT2D eigenvalue weighted by atomic mass is 15.3. The average molecular weight is 677 g/mol. The molecule has 52 heavy (non-hydrogen) atoms. The second kappa shape index (κ2) is 12.3. The van der Waals surface area contributed by atoms with E-state index in [4.69, 9.17) is 20.0 Å². The van der Waals surface area contributed by atoms with Crippen LogP contribution in [0.3, 0.4) is 0 Å². The molecule has 5 aromatic carbocycles. The molecule has 0 bridgehead atoms. The Labute approximate surface area is 304 Å². The molecule has 4 heterocycles. The van der Waals surface area contributed by atoms with Crippen LogP contribution in [-0.4, -0.2) is 45.8 Å². The molecule has 0 amide bonds. The molecule has 254 valence electrons. The van der Waals surface area contributed by atoms with Crippen molar-refractivity contribution in [1.29, 1.82) is 0 Å². The number of pyridine rings is 2. The molecule has 0 N–H and O–H groups in total. The molecule has 2 aromatic heterocycles. The standard InChI is InChI=1S/C46H40N6/c1-45(2)29-51(33-15-7-5-8-16-33)43(49-45)39-25-23-31(27-47-39)41-35-19-11-13-21-37(35)42(38-22-14-12-20-36(38)41)32-24-26-40(48-28-32)44-50-46(3,4)30-52(44)34-17-9-6-10-18-34/h5-28H,29-30H2,1-4H3. The lowest BCUT2D eigenvalue weighted by atomic mass is 9.86. The van der Waals surface area contributed by atoms with Gasteiger partial charge in [0.15, 0.2) is 11.7 Å². The van der Waals surface area contributed by atoms with E-state index in [1.54, 1.807) is 0 Å². The molecular formula is C46H40N6. The SMILES string of the molecule is CC1(C)CN(c2ccccc2)C(c2ccc(-c3c4ccccc4c(-c4ccc(C5=NC(C)(C)CN5c5ccccc5)nc4)c4ccccc34)cn2)=N1. The van der Waals surface area contributed by atoms with Crippen LogP contribution in [0.5, 0.6) is 0 Å². The van der Waals surface area contributed by atoms with Crippen molar-refractivity contribution in [3.05, 3.63) is 157 Å². The van der Waals surface area contributed by atoms with Crippen molar-refractivity contribution in [1.82, 2.24) is 9.97 Å². The minimum Gasteiger partial charge on any atom is -0.322 e. The Hall–Kier alpha value is -6.14. The number of fused-ring (bicyclic) bond motifs is 2. The van der Waals surface area contributed by atoms with Crippen LogP contribution < -0.4 is 9.80 Å². The van der Waals surface area contributed by atoms with Crippen molar-refractivity contribution in [2.24, 2.45) is 9.98 Å². The monoisotopic (exact) mass is 676 g/mol. The van der Waals surface area contributed by atoms with E-state index >= 15 is 0 Å². The average Bonchev–Trinajstić information content (AvgIpc) is 3.69. The summed E-state index contributed by atoms with van der Waals surface area (Å²) < 4.78 is 0. The normalized spacial score (nSPS) is 16.4. The van der Waals surface area contributed by atoms with E-state index in [9.17, 15) is 0 Å². The van der Waals surface area contributed by atoms with Gasteiger partial charge >= 0.3 is 0 Å². The van der Waals surface area contributed by atoms with Gasteiger partial charge in [0.25, 0.3) is 0 Å². The van der Waals surface area contributed by atoms with Gasteiger partial charge in [-0.25, -0.2) is 0 Å². The summed E-state index contributed by atoms with van der Waals surface area (Å²) in [5, 5.41) is 4.71. The summed E-state index contributed by atoms with van der Waals surface area (Å²) in [7, 11) is 0. The van der Waals surface area contributed by atoms with Crippen LogP contribution in [0, 0.1) is 0 Å². The largest absolute Gasteiger partial charge is 0.322 e. The van der Waals surface area contributed by atoms with Gasteiger partial charge in [-0.05, 0) is 96.8 Å². The molecular weight excluding hydrogens is 637 g/mol. The first-order chi connectivity index (χ1) is 25.2. The van der Waals surface area contributed by atoms with Crippen LogP contribution in [0.15, 0.2) is 156 Å². The fraction of sp³-hybridized carbons (Fsp3) is 0.174. The Kier molecular flexibility index (Phi) is 7.51. The molecule has 0 saturated heterocycles. The number of rotatable bonds is 6. The van der Waals surface area contributed by atoms with E-state index in [0.717, 1.165) is 58.7 Å². The Morgan fingerprint density at radius 3 is 1.10 bits per heavy atom. The maximum atomic E-state index is 5.12. The summed E-state index contributed by atoms with van der Waals surface area (Å²) >= 11 is 0. The maximum absolute atomic E-state index is 5.12. The molecule has 0 radical (unpaired) electrons. The minimum atomic E-state index is -0.205. The van der Waals surface area contributed by atoms with E-state index in [1.165, 1.54) is 32.7 Å². The Morgan fingerprint density at radius 2 is 0.769 bits per heavy atom. The van der Waals surface area contributed by atoms with Gasteiger partial charge in [0.05, 0.1) is 11.1 Å². The zero-order valence-electron chi connectivity index (χ0n) is 30.0. The Morgan fingerprint density at radius 1 is 0.423 bits per heavy atom. The van der Waals surface area contributed by atoms with E-state index in [2.05, 4.69) is 159 Å². The summed E-state index contributed by atoms with van der Waals surface area (Å²) in [4.78, 5) is 24.9. The third-order valence-electron chi connectivity index (χ3n) is 10.0. The molecule has 9 rings (SSSR count). The van der Waals surface area contributed by atoms with Gasteiger partial charge in [0.1, 0.15) is 11.4 Å². The molecule has 7 aromatic rings. The summed E-state index contributed by atoms with van der Waals surface area (Å²) in [6, 6.07) is 47.0. The summed E-state index contributed by atoms with van der Waals surface area (Å²) in [6.07, 6.45) is 4.03. The van der Waals surface area contributed by atoms with E-state index in [1.807, 2.05) is 24.5 Å². The number of hydrogen-bond acceptors (Lipinski definition) is 6. The van der Waals surface area contributed by atoms with Crippen LogP contribution in [0.4, 0.5) is 11.4 Å². The van der Waals surface area contributed by atoms with Gasteiger partial charge < -0.3 is 9.80 Å². The van der Waals surface area contributed by atoms with Gasteiger partial charge in [-0.15, -0.1) is 0 Å². The maximum Gasteiger partial charge on any atom is 0.155 e. The topological polar surface area (TPSA) is 57.0 Å². The number of para-hydroxylation sites is 2. The predicted molar refractivity (Wildman–Crippen MR) is 217 cm³/mol. The molecule has 6 heteroatoms. The highest BCUT2D eigenvalue weighted by Crippen LogP contribution is 2.43. The van der Waals surface area contributed by atoms with Gasteiger partial charge in [-0.1, -0.05) is 97.1 Å². The molecule has 0 atom stereocenters. The number of nitrogens with zero attached hydrogens (tertiary/aromatic N) is 6. The molecule has 6 nitrogen and oxygen atoms in total. The lowest BCUT2D eigenvalue weighted by Gasteiger charge is -2.23. The number of amidine groups is 2. The van der Waals surface area contributed by atoms with Crippen molar-refractivity contribution < 1.29 is 0 Å². The predicted octanol–water partition coefficient (Wildman–Crippen LogP) is 10.2. The van der Waals surface area contributed by atoms with E-state index in [0.29, 0.717) is 0 Å². The first-order valence-corrected chi connectivity index (χ1v) is 18.0. The lowest BCUT2D eigenvalue weighted by Crippen LogP contribution is -2.33. The fourth-order valence-corrected chi connectivity index (χ4v) is 7.82. The number of aromatic nitrogens is 2. The smallest absolute Gasteiger partial charge is 0.155 e. The van der Waals surface area contributed by atoms with Crippen LogP contribution in [0.2, 0.25) is 0 Å².